The molecule has 0 amide bonds. The highest BCUT2D eigenvalue weighted by atomic mass is 79.9. The molecule has 1 aromatic rings. The predicted molar refractivity (Wildman–Crippen MR) is 64.3 cm³/mol. The molecule has 3 heteroatoms. The van der Waals surface area contributed by atoms with Crippen LogP contribution in [0, 0.1) is 0 Å². The molecule has 1 aromatic carbocycles. The molecule has 0 heterocycles. The smallest absolute Gasteiger partial charge is 0.337 e. The lowest BCUT2D eigenvalue weighted by Gasteiger charge is -2.01. The van der Waals surface area contributed by atoms with E-state index in [9.17, 15) is 4.79 Å². The summed E-state index contributed by atoms with van der Waals surface area (Å²) in [5.41, 5.74) is 1.35. The number of halogens is 1. The van der Waals surface area contributed by atoms with Crippen molar-refractivity contribution in [2.45, 2.75) is 0 Å². The Labute approximate surface area is 97.4 Å². The van der Waals surface area contributed by atoms with E-state index in [4.69, 9.17) is 0 Å². The lowest BCUT2D eigenvalue weighted by atomic mass is 10.1. The molecular weight excluding hydrogens is 256 g/mol. The maximum absolute atomic E-state index is 11.3. The zero-order valence-corrected chi connectivity index (χ0v) is 9.95. The van der Waals surface area contributed by atoms with E-state index in [0.717, 1.165) is 10.0 Å². The molecule has 0 bridgehead atoms. The van der Waals surface area contributed by atoms with E-state index in [1.54, 1.807) is 6.08 Å². The van der Waals surface area contributed by atoms with Crippen molar-refractivity contribution in [3.63, 3.8) is 0 Å². The predicted octanol–water partition coefficient (Wildman–Crippen LogP) is 3.19. The Morgan fingerprint density at radius 1 is 1.47 bits per heavy atom. The average Bonchev–Trinajstić information content (AvgIpc) is 2.27. The molecule has 78 valence electrons. The molecule has 0 saturated heterocycles. The van der Waals surface area contributed by atoms with Crippen molar-refractivity contribution < 1.29 is 9.53 Å². The largest absolute Gasteiger partial charge is 0.465 e. The molecule has 0 aromatic heterocycles. The van der Waals surface area contributed by atoms with Crippen LogP contribution in [0.15, 0.2) is 47.0 Å². The normalized spacial score (nSPS) is 10.9. The fraction of sp³-hybridized carbons (Fsp3) is 0.0833. The molecule has 1 rings (SSSR count). The van der Waals surface area contributed by atoms with Crippen molar-refractivity contribution in [1.82, 2.24) is 0 Å². The number of carbonyl (C=O) groups excluding carboxylic acids is 1. The van der Waals surface area contributed by atoms with Crippen LogP contribution in [0.5, 0.6) is 0 Å². The number of carbonyl (C=O) groups is 1. The molecule has 0 unspecified atom stereocenters. The van der Waals surface area contributed by atoms with E-state index in [0.29, 0.717) is 5.57 Å². The van der Waals surface area contributed by atoms with Gasteiger partial charge in [-0.15, -0.1) is 0 Å². The number of esters is 1. The summed E-state index contributed by atoms with van der Waals surface area (Å²) in [6.45, 7) is 3.57. The van der Waals surface area contributed by atoms with E-state index < -0.39 is 0 Å². The number of ether oxygens (including phenoxy) is 1. The number of hydrogen-bond acceptors (Lipinski definition) is 2. The van der Waals surface area contributed by atoms with Crippen LogP contribution in [0.1, 0.15) is 5.56 Å². The highest BCUT2D eigenvalue weighted by Gasteiger charge is 2.05. The van der Waals surface area contributed by atoms with Gasteiger partial charge < -0.3 is 4.74 Å². The van der Waals surface area contributed by atoms with Gasteiger partial charge in [-0.3, -0.25) is 0 Å². The third-order valence-electron chi connectivity index (χ3n) is 1.86. The van der Waals surface area contributed by atoms with Crippen molar-refractivity contribution in [2.75, 3.05) is 7.11 Å². The summed E-state index contributed by atoms with van der Waals surface area (Å²) in [6.07, 6.45) is 3.20. The molecule has 0 N–H and O–H groups in total. The minimum atomic E-state index is -0.388. The Morgan fingerprint density at radius 3 is 2.67 bits per heavy atom. The highest BCUT2D eigenvalue weighted by molar-refractivity contribution is 9.10. The Hall–Kier alpha value is -1.35. The van der Waals surface area contributed by atoms with Crippen LogP contribution in [0.2, 0.25) is 0 Å². The molecule has 0 fully saturated rings. The molecule has 15 heavy (non-hydrogen) atoms. The van der Waals surface area contributed by atoms with Gasteiger partial charge in [0.1, 0.15) is 0 Å². The van der Waals surface area contributed by atoms with Gasteiger partial charge in [-0.05, 0) is 17.7 Å². The van der Waals surface area contributed by atoms with Crippen LogP contribution >= 0.6 is 15.9 Å². The van der Waals surface area contributed by atoms with Crippen LogP contribution in [0.3, 0.4) is 0 Å². The minimum Gasteiger partial charge on any atom is -0.465 e. The molecule has 0 atom stereocenters. The van der Waals surface area contributed by atoms with Gasteiger partial charge in [-0.2, -0.15) is 0 Å². The maximum atomic E-state index is 11.3. The second-order valence-corrected chi connectivity index (χ2v) is 3.67. The maximum Gasteiger partial charge on any atom is 0.337 e. The summed E-state index contributed by atoms with van der Waals surface area (Å²) >= 11 is 3.39. The second-order valence-electron chi connectivity index (χ2n) is 2.82. The van der Waals surface area contributed by atoms with Crippen LogP contribution in [-0.2, 0) is 9.53 Å². The molecule has 2 nitrogen and oxygen atoms in total. The summed E-state index contributed by atoms with van der Waals surface area (Å²) in [5.74, 6) is -0.388. The second kappa shape index (κ2) is 5.51. The lowest BCUT2D eigenvalue weighted by molar-refractivity contribution is -0.135. The highest BCUT2D eigenvalue weighted by Crippen LogP contribution is 2.19. The van der Waals surface area contributed by atoms with Crippen LogP contribution in [0.4, 0.5) is 0 Å². The number of hydrogen-bond donors (Lipinski definition) is 0. The molecular formula is C12H11BrO2. The summed E-state index contributed by atoms with van der Waals surface area (Å²) < 4.78 is 5.55. The molecule has 0 spiro atoms. The first-order valence-corrected chi connectivity index (χ1v) is 5.15. The average molecular weight is 267 g/mol. The lowest BCUT2D eigenvalue weighted by Crippen LogP contribution is -2.02. The summed E-state index contributed by atoms with van der Waals surface area (Å²) in [4.78, 5) is 11.3. The van der Waals surface area contributed by atoms with Gasteiger partial charge in [0, 0.05) is 4.47 Å². The van der Waals surface area contributed by atoms with Crippen molar-refractivity contribution in [2.24, 2.45) is 0 Å². The summed E-state index contributed by atoms with van der Waals surface area (Å²) in [5, 5.41) is 0. The topological polar surface area (TPSA) is 26.3 Å². The van der Waals surface area contributed by atoms with Crippen molar-refractivity contribution in [3.8, 4) is 0 Å². The Bertz CT molecular complexity index is 408. The quantitative estimate of drug-likeness (QED) is 0.477. The van der Waals surface area contributed by atoms with Crippen LogP contribution in [0.25, 0.3) is 6.08 Å². The molecule has 0 aliphatic carbocycles. The third kappa shape index (κ3) is 3.06. The van der Waals surface area contributed by atoms with Crippen LogP contribution < -0.4 is 0 Å². The number of rotatable bonds is 3. The van der Waals surface area contributed by atoms with E-state index in [-0.39, 0.29) is 5.97 Å². The zero-order valence-electron chi connectivity index (χ0n) is 8.37. The van der Waals surface area contributed by atoms with Gasteiger partial charge in [0.2, 0.25) is 0 Å². The van der Waals surface area contributed by atoms with Gasteiger partial charge in [-0.1, -0.05) is 46.8 Å². The van der Waals surface area contributed by atoms with E-state index in [1.807, 2.05) is 24.3 Å². The Kier molecular flexibility index (Phi) is 4.31. The molecule has 0 radical (unpaired) electrons. The van der Waals surface area contributed by atoms with Crippen molar-refractivity contribution in [3.05, 3.63) is 52.5 Å². The SMILES string of the molecule is C=C/C(=C\c1ccccc1Br)C(=O)OC. The summed E-state index contributed by atoms with van der Waals surface area (Å²) in [6, 6.07) is 7.61. The Balaban J connectivity index is 3.09. The first kappa shape index (κ1) is 11.7. The first-order valence-electron chi connectivity index (χ1n) is 4.36. The third-order valence-corrected chi connectivity index (χ3v) is 2.58. The fourth-order valence-corrected chi connectivity index (χ4v) is 1.48. The van der Waals surface area contributed by atoms with E-state index in [2.05, 4.69) is 27.2 Å². The Morgan fingerprint density at radius 2 is 2.13 bits per heavy atom. The van der Waals surface area contributed by atoms with Gasteiger partial charge in [0.25, 0.3) is 0 Å². The zero-order chi connectivity index (χ0) is 11.3. The number of methoxy groups -OCH3 is 1. The van der Waals surface area contributed by atoms with Gasteiger partial charge >= 0.3 is 5.97 Å². The van der Waals surface area contributed by atoms with Gasteiger partial charge in [0.15, 0.2) is 0 Å². The molecule has 0 aliphatic heterocycles. The monoisotopic (exact) mass is 266 g/mol. The van der Waals surface area contributed by atoms with Crippen molar-refractivity contribution in [1.29, 1.82) is 0 Å². The summed E-state index contributed by atoms with van der Waals surface area (Å²) in [7, 11) is 1.35. The van der Waals surface area contributed by atoms with Crippen molar-refractivity contribution >= 4 is 28.0 Å². The first-order chi connectivity index (χ1) is 7.19. The van der Waals surface area contributed by atoms with E-state index in [1.165, 1.54) is 13.2 Å². The minimum absolute atomic E-state index is 0.388. The van der Waals surface area contributed by atoms with Crippen LogP contribution in [-0.4, -0.2) is 13.1 Å². The van der Waals surface area contributed by atoms with E-state index >= 15 is 0 Å². The molecule has 0 saturated carbocycles. The van der Waals surface area contributed by atoms with Gasteiger partial charge in [0.05, 0.1) is 12.7 Å². The number of benzene rings is 1. The fourth-order valence-electron chi connectivity index (χ4n) is 1.08. The standard InChI is InChI=1S/C12H11BrO2/c1-3-9(12(14)15-2)8-10-6-4-5-7-11(10)13/h3-8H,1H2,2H3/b9-8+. The van der Waals surface area contributed by atoms with Gasteiger partial charge in [-0.25, -0.2) is 4.79 Å². The molecule has 0 aliphatic rings.